The molecule has 33 heavy (non-hydrogen) atoms. The van der Waals surface area contributed by atoms with Crippen LogP contribution >= 0.6 is 11.8 Å². The molecule has 0 atom stereocenters. The minimum atomic E-state index is -0.123. The van der Waals surface area contributed by atoms with Crippen LogP contribution < -0.4 is 10.1 Å². The molecular formula is C27H28N2O3S. The standard InChI is InChI=1S/C27H28N2O3S/c1-20-19-22(27(31)29-14-17-33-18-15-29)11-12-24(20)28-26(30)13-16-32-25-10-6-5-9-23(25)21-7-3-2-4-8-21/h2-12,19H,13-18H2,1H3,(H,28,30). The maximum atomic E-state index is 12.7. The molecule has 170 valence electrons. The molecule has 0 bridgehead atoms. The van der Waals surface area contributed by atoms with E-state index in [2.05, 4.69) is 5.32 Å². The number of hydrogen-bond donors (Lipinski definition) is 1. The second kappa shape index (κ2) is 11.1. The van der Waals surface area contributed by atoms with Crippen molar-refractivity contribution in [2.45, 2.75) is 13.3 Å². The predicted molar refractivity (Wildman–Crippen MR) is 135 cm³/mol. The number of anilines is 1. The smallest absolute Gasteiger partial charge is 0.253 e. The maximum absolute atomic E-state index is 12.7. The number of rotatable bonds is 7. The van der Waals surface area contributed by atoms with Crippen molar-refractivity contribution >= 4 is 29.3 Å². The first-order valence-electron chi connectivity index (χ1n) is 11.2. The van der Waals surface area contributed by atoms with E-state index < -0.39 is 0 Å². The molecule has 3 aromatic carbocycles. The van der Waals surface area contributed by atoms with Gasteiger partial charge in [0, 0.05) is 41.4 Å². The number of carbonyl (C=O) groups excluding carboxylic acids is 2. The number of para-hydroxylation sites is 1. The summed E-state index contributed by atoms with van der Waals surface area (Å²) in [5.41, 5.74) is 4.33. The first-order valence-corrected chi connectivity index (χ1v) is 12.3. The van der Waals surface area contributed by atoms with E-state index in [1.54, 1.807) is 6.07 Å². The van der Waals surface area contributed by atoms with E-state index in [0.29, 0.717) is 5.56 Å². The SMILES string of the molecule is Cc1cc(C(=O)N2CCSCC2)ccc1NC(=O)CCOc1ccccc1-c1ccccc1. The van der Waals surface area contributed by atoms with Gasteiger partial charge in [0.25, 0.3) is 5.91 Å². The lowest BCUT2D eigenvalue weighted by molar-refractivity contribution is -0.116. The van der Waals surface area contributed by atoms with Crippen molar-refractivity contribution in [3.8, 4) is 16.9 Å². The van der Waals surface area contributed by atoms with Crippen LogP contribution in [0.1, 0.15) is 22.3 Å². The molecule has 6 heteroatoms. The third-order valence-electron chi connectivity index (χ3n) is 5.60. The van der Waals surface area contributed by atoms with Crippen LogP contribution in [-0.2, 0) is 4.79 Å². The summed E-state index contributed by atoms with van der Waals surface area (Å²) >= 11 is 1.88. The molecule has 1 saturated heterocycles. The molecule has 0 aliphatic carbocycles. The number of benzene rings is 3. The second-order valence-electron chi connectivity index (χ2n) is 7.94. The van der Waals surface area contributed by atoms with Crippen LogP contribution in [0.25, 0.3) is 11.1 Å². The number of nitrogens with zero attached hydrogens (tertiary/aromatic N) is 1. The van der Waals surface area contributed by atoms with E-state index >= 15 is 0 Å². The second-order valence-corrected chi connectivity index (χ2v) is 9.17. The van der Waals surface area contributed by atoms with Crippen molar-refractivity contribution < 1.29 is 14.3 Å². The van der Waals surface area contributed by atoms with E-state index in [1.807, 2.05) is 90.3 Å². The van der Waals surface area contributed by atoms with Crippen LogP contribution in [0, 0.1) is 6.92 Å². The fraction of sp³-hybridized carbons (Fsp3) is 0.259. The first kappa shape index (κ1) is 22.9. The van der Waals surface area contributed by atoms with Gasteiger partial charge in [-0.25, -0.2) is 0 Å². The Morgan fingerprint density at radius 1 is 0.970 bits per heavy atom. The lowest BCUT2D eigenvalue weighted by atomic mass is 10.1. The Bertz CT molecular complexity index is 1110. The van der Waals surface area contributed by atoms with Gasteiger partial charge < -0.3 is 15.0 Å². The average molecular weight is 461 g/mol. The number of aryl methyl sites for hydroxylation is 1. The maximum Gasteiger partial charge on any atom is 0.253 e. The molecule has 0 aromatic heterocycles. The zero-order chi connectivity index (χ0) is 23.0. The molecule has 0 unspecified atom stereocenters. The van der Waals surface area contributed by atoms with Crippen molar-refractivity contribution in [3.05, 3.63) is 83.9 Å². The minimum Gasteiger partial charge on any atom is -0.492 e. The predicted octanol–water partition coefficient (Wildman–Crippen LogP) is 5.26. The van der Waals surface area contributed by atoms with Crippen LogP contribution in [0.5, 0.6) is 5.75 Å². The molecule has 1 aliphatic rings. The van der Waals surface area contributed by atoms with Crippen LogP contribution in [0.15, 0.2) is 72.8 Å². The van der Waals surface area contributed by atoms with E-state index in [-0.39, 0.29) is 24.8 Å². The molecule has 5 nitrogen and oxygen atoms in total. The molecule has 0 saturated carbocycles. The number of nitrogens with one attached hydrogen (secondary N) is 1. The van der Waals surface area contributed by atoms with Gasteiger partial charge in [-0.3, -0.25) is 9.59 Å². The molecule has 3 aromatic rings. The van der Waals surface area contributed by atoms with E-state index in [4.69, 9.17) is 4.74 Å². The van der Waals surface area contributed by atoms with Crippen molar-refractivity contribution in [1.29, 1.82) is 0 Å². The summed E-state index contributed by atoms with van der Waals surface area (Å²) in [6.45, 7) is 3.76. The number of hydrogen-bond acceptors (Lipinski definition) is 4. The Balaban J connectivity index is 1.32. The van der Waals surface area contributed by atoms with Gasteiger partial charge in [0.2, 0.25) is 5.91 Å². The number of ether oxygens (including phenoxy) is 1. The average Bonchev–Trinajstić information content (AvgIpc) is 2.86. The zero-order valence-corrected chi connectivity index (χ0v) is 19.6. The molecule has 1 N–H and O–H groups in total. The normalized spacial score (nSPS) is 13.4. The van der Waals surface area contributed by atoms with E-state index in [0.717, 1.165) is 52.7 Å². The molecule has 2 amide bonds. The minimum absolute atomic E-state index is 0.0572. The summed E-state index contributed by atoms with van der Waals surface area (Å²) in [5, 5.41) is 2.94. The van der Waals surface area contributed by atoms with Gasteiger partial charge >= 0.3 is 0 Å². The van der Waals surface area contributed by atoms with Gasteiger partial charge in [0.15, 0.2) is 0 Å². The Labute approximate surface area is 199 Å². The molecule has 0 spiro atoms. The van der Waals surface area contributed by atoms with Crippen LogP contribution in [0.2, 0.25) is 0 Å². The Morgan fingerprint density at radius 3 is 2.45 bits per heavy atom. The Hall–Kier alpha value is -3.25. The number of carbonyl (C=O) groups is 2. The lowest BCUT2D eigenvalue weighted by Gasteiger charge is -2.26. The van der Waals surface area contributed by atoms with Gasteiger partial charge in [-0.15, -0.1) is 0 Å². The molecule has 4 rings (SSSR count). The monoisotopic (exact) mass is 460 g/mol. The fourth-order valence-electron chi connectivity index (χ4n) is 3.80. The summed E-state index contributed by atoms with van der Waals surface area (Å²) in [6.07, 6.45) is 0.231. The van der Waals surface area contributed by atoms with Gasteiger partial charge in [0.1, 0.15) is 5.75 Å². The molecule has 1 heterocycles. The highest BCUT2D eigenvalue weighted by atomic mass is 32.2. The van der Waals surface area contributed by atoms with Crippen LogP contribution in [-0.4, -0.2) is 47.9 Å². The summed E-state index contributed by atoms with van der Waals surface area (Å²) in [7, 11) is 0. The first-order chi connectivity index (χ1) is 16.1. The highest BCUT2D eigenvalue weighted by Crippen LogP contribution is 2.29. The third-order valence-corrected chi connectivity index (χ3v) is 6.55. The largest absolute Gasteiger partial charge is 0.492 e. The molecule has 1 aliphatic heterocycles. The third kappa shape index (κ3) is 5.96. The van der Waals surface area contributed by atoms with E-state index in [1.165, 1.54) is 0 Å². The summed E-state index contributed by atoms with van der Waals surface area (Å²) < 4.78 is 5.94. The van der Waals surface area contributed by atoms with Crippen molar-refractivity contribution in [1.82, 2.24) is 4.90 Å². The highest BCUT2D eigenvalue weighted by Gasteiger charge is 2.19. The summed E-state index contributed by atoms with van der Waals surface area (Å²) in [4.78, 5) is 27.1. The topological polar surface area (TPSA) is 58.6 Å². The summed E-state index contributed by atoms with van der Waals surface area (Å²) in [6, 6.07) is 23.3. The van der Waals surface area contributed by atoms with Gasteiger partial charge in [-0.1, -0.05) is 48.5 Å². The van der Waals surface area contributed by atoms with E-state index in [9.17, 15) is 9.59 Å². The van der Waals surface area contributed by atoms with Crippen molar-refractivity contribution in [2.75, 3.05) is 36.5 Å². The molecular weight excluding hydrogens is 432 g/mol. The highest BCUT2D eigenvalue weighted by molar-refractivity contribution is 7.99. The number of amides is 2. The summed E-state index contributed by atoms with van der Waals surface area (Å²) in [5.74, 6) is 2.66. The van der Waals surface area contributed by atoms with Gasteiger partial charge in [0.05, 0.1) is 13.0 Å². The van der Waals surface area contributed by atoms with Gasteiger partial charge in [-0.05, 0) is 42.3 Å². The van der Waals surface area contributed by atoms with Crippen molar-refractivity contribution in [3.63, 3.8) is 0 Å². The quantitative estimate of drug-likeness (QED) is 0.523. The Morgan fingerprint density at radius 2 is 1.70 bits per heavy atom. The van der Waals surface area contributed by atoms with Crippen molar-refractivity contribution in [2.24, 2.45) is 0 Å². The lowest BCUT2D eigenvalue weighted by Crippen LogP contribution is -2.37. The fourth-order valence-corrected chi connectivity index (χ4v) is 4.70. The molecule has 0 radical (unpaired) electrons. The van der Waals surface area contributed by atoms with Gasteiger partial charge in [-0.2, -0.15) is 11.8 Å². The zero-order valence-electron chi connectivity index (χ0n) is 18.8. The van der Waals surface area contributed by atoms with Crippen LogP contribution in [0.4, 0.5) is 5.69 Å². The number of thioether (sulfide) groups is 1. The molecule has 1 fully saturated rings. The Kier molecular flexibility index (Phi) is 7.68. The van der Waals surface area contributed by atoms with Crippen LogP contribution in [0.3, 0.4) is 0 Å².